The van der Waals surface area contributed by atoms with E-state index in [1.54, 1.807) is 5.57 Å². The molecular formula is C9H12. The summed E-state index contributed by atoms with van der Waals surface area (Å²) in [6.45, 7) is 2.16. The third-order valence-electron chi connectivity index (χ3n) is 2.52. The lowest BCUT2D eigenvalue weighted by Gasteiger charge is -2.05. The highest BCUT2D eigenvalue weighted by Crippen LogP contribution is 2.42. The van der Waals surface area contributed by atoms with Gasteiger partial charge in [-0.2, -0.15) is 0 Å². The average molecular weight is 120 g/mol. The minimum atomic E-state index is 0.833. The maximum absolute atomic E-state index is 2.37. The molecule has 1 saturated carbocycles. The predicted octanol–water partition coefficient (Wildman–Crippen LogP) is 2.53. The van der Waals surface area contributed by atoms with E-state index in [0.717, 1.165) is 11.8 Å². The molecule has 0 aromatic carbocycles. The monoisotopic (exact) mass is 120 g/mol. The molecule has 1 fully saturated rings. The highest BCUT2D eigenvalue weighted by Gasteiger charge is 2.29. The van der Waals surface area contributed by atoms with Crippen molar-refractivity contribution in [3.8, 4) is 0 Å². The number of hydrogen-bond acceptors (Lipinski definition) is 0. The van der Waals surface area contributed by atoms with E-state index < -0.39 is 0 Å². The van der Waals surface area contributed by atoms with E-state index in [1.165, 1.54) is 12.8 Å². The number of allylic oxidation sites excluding steroid dienone is 4. The van der Waals surface area contributed by atoms with E-state index in [0.29, 0.717) is 0 Å². The van der Waals surface area contributed by atoms with Crippen LogP contribution in [0.3, 0.4) is 0 Å². The third kappa shape index (κ3) is 0.658. The topological polar surface area (TPSA) is 0 Å². The van der Waals surface area contributed by atoms with Crippen LogP contribution in [-0.4, -0.2) is 0 Å². The summed E-state index contributed by atoms with van der Waals surface area (Å²) in [5.41, 5.74) is 1.67. The molecule has 2 bridgehead atoms. The van der Waals surface area contributed by atoms with E-state index in [2.05, 4.69) is 25.2 Å². The zero-order valence-corrected chi connectivity index (χ0v) is 5.80. The molecule has 0 nitrogen and oxygen atoms in total. The first-order valence-electron chi connectivity index (χ1n) is 3.73. The van der Waals surface area contributed by atoms with Crippen LogP contribution >= 0.6 is 0 Å². The van der Waals surface area contributed by atoms with Crippen molar-refractivity contribution in [1.29, 1.82) is 0 Å². The predicted molar refractivity (Wildman–Crippen MR) is 39.1 cm³/mol. The normalized spacial score (nSPS) is 43.0. The summed E-state index contributed by atoms with van der Waals surface area (Å²) < 4.78 is 0. The van der Waals surface area contributed by atoms with Gasteiger partial charge in [0.05, 0.1) is 0 Å². The second-order valence-corrected chi connectivity index (χ2v) is 3.05. The quantitative estimate of drug-likeness (QED) is 0.431. The van der Waals surface area contributed by atoms with Gasteiger partial charge in [0.1, 0.15) is 0 Å². The van der Waals surface area contributed by atoms with Crippen LogP contribution in [-0.2, 0) is 0 Å². The van der Waals surface area contributed by atoms with E-state index in [9.17, 15) is 0 Å². The highest BCUT2D eigenvalue weighted by atomic mass is 14.3. The lowest BCUT2D eigenvalue weighted by atomic mass is 10.0. The molecule has 1 unspecified atom stereocenters. The molecule has 2 rings (SSSR count). The van der Waals surface area contributed by atoms with Crippen LogP contribution in [0.15, 0.2) is 23.8 Å². The maximum Gasteiger partial charge on any atom is -0.00174 e. The smallest absolute Gasteiger partial charge is 0.00174 e. The molecule has 2 atom stereocenters. The van der Waals surface area contributed by atoms with Gasteiger partial charge in [-0.1, -0.05) is 23.8 Å². The lowest BCUT2D eigenvalue weighted by Crippen LogP contribution is -1.90. The fourth-order valence-corrected chi connectivity index (χ4v) is 1.99. The van der Waals surface area contributed by atoms with Crippen molar-refractivity contribution in [2.24, 2.45) is 11.8 Å². The van der Waals surface area contributed by atoms with Crippen molar-refractivity contribution in [3.63, 3.8) is 0 Å². The zero-order valence-electron chi connectivity index (χ0n) is 5.80. The molecular weight excluding hydrogens is 108 g/mol. The molecule has 0 spiro atoms. The van der Waals surface area contributed by atoms with E-state index in [1.807, 2.05) is 0 Å². The Labute approximate surface area is 56.3 Å². The Hall–Kier alpha value is -0.520. The van der Waals surface area contributed by atoms with E-state index >= 15 is 0 Å². The minimum absolute atomic E-state index is 0.833. The Morgan fingerprint density at radius 3 is 2.78 bits per heavy atom. The van der Waals surface area contributed by atoms with Crippen molar-refractivity contribution in [1.82, 2.24) is 0 Å². The van der Waals surface area contributed by atoms with E-state index in [-0.39, 0.29) is 0 Å². The van der Waals surface area contributed by atoms with Crippen LogP contribution in [0, 0.1) is 11.8 Å². The SMILES string of the molecule is CC=C1C[C@H]2C=CC1C2. The minimum Gasteiger partial charge on any atom is -0.0878 e. The standard InChI is InChI=1S/C9H12/c1-2-8-5-7-3-4-9(8)6-7/h2-4,7,9H,5-6H2,1H3/t7-,9?/m1/s1. The second-order valence-electron chi connectivity index (χ2n) is 3.05. The highest BCUT2D eigenvalue weighted by molar-refractivity contribution is 5.26. The summed E-state index contributed by atoms with van der Waals surface area (Å²) >= 11 is 0. The summed E-state index contributed by atoms with van der Waals surface area (Å²) in [7, 11) is 0. The molecule has 0 saturated heterocycles. The molecule has 0 N–H and O–H groups in total. The lowest BCUT2D eigenvalue weighted by molar-refractivity contribution is 0.693. The Kier molecular flexibility index (Phi) is 1.01. The van der Waals surface area contributed by atoms with Gasteiger partial charge in [-0.25, -0.2) is 0 Å². The summed E-state index contributed by atoms with van der Waals surface area (Å²) in [5, 5.41) is 0. The van der Waals surface area contributed by atoms with Gasteiger partial charge in [0, 0.05) is 0 Å². The third-order valence-corrected chi connectivity index (χ3v) is 2.52. The van der Waals surface area contributed by atoms with Crippen LogP contribution in [0.4, 0.5) is 0 Å². The molecule has 0 radical (unpaired) electrons. The van der Waals surface area contributed by atoms with Crippen molar-refractivity contribution in [2.45, 2.75) is 19.8 Å². The molecule has 2 aliphatic carbocycles. The fraction of sp³-hybridized carbons (Fsp3) is 0.556. The van der Waals surface area contributed by atoms with Gasteiger partial charge in [-0.15, -0.1) is 0 Å². The first-order chi connectivity index (χ1) is 4.40. The molecule has 0 aromatic heterocycles. The van der Waals surface area contributed by atoms with Crippen molar-refractivity contribution in [2.75, 3.05) is 0 Å². The molecule has 0 amide bonds. The maximum atomic E-state index is 2.37. The Morgan fingerprint density at radius 1 is 1.56 bits per heavy atom. The van der Waals surface area contributed by atoms with Gasteiger partial charge in [0.25, 0.3) is 0 Å². The van der Waals surface area contributed by atoms with Crippen LogP contribution in [0.2, 0.25) is 0 Å². The number of hydrogen-bond donors (Lipinski definition) is 0. The molecule has 0 heteroatoms. The molecule has 2 aliphatic rings. The Balaban J connectivity index is 2.29. The Bertz CT molecular complexity index is 174. The van der Waals surface area contributed by atoms with Crippen LogP contribution in [0.5, 0.6) is 0 Å². The van der Waals surface area contributed by atoms with Crippen molar-refractivity contribution < 1.29 is 0 Å². The van der Waals surface area contributed by atoms with Crippen molar-refractivity contribution >= 4 is 0 Å². The second kappa shape index (κ2) is 1.73. The van der Waals surface area contributed by atoms with E-state index in [4.69, 9.17) is 0 Å². The summed E-state index contributed by atoms with van der Waals surface area (Å²) in [5.74, 6) is 1.74. The average Bonchev–Trinajstić information content (AvgIpc) is 2.45. The van der Waals surface area contributed by atoms with Gasteiger partial charge < -0.3 is 0 Å². The first-order valence-corrected chi connectivity index (χ1v) is 3.73. The van der Waals surface area contributed by atoms with Crippen LogP contribution in [0.25, 0.3) is 0 Å². The summed E-state index contributed by atoms with van der Waals surface area (Å²) in [6, 6.07) is 0. The van der Waals surface area contributed by atoms with Crippen LogP contribution in [0.1, 0.15) is 19.8 Å². The first kappa shape index (κ1) is 5.28. The molecule has 0 heterocycles. The molecule has 48 valence electrons. The molecule has 0 aliphatic heterocycles. The molecule has 9 heavy (non-hydrogen) atoms. The van der Waals surface area contributed by atoms with Crippen molar-refractivity contribution in [3.05, 3.63) is 23.8 Å². The Morgan fingerprint density at radius 2 is 2.44 bits per heavy atom. The number of rotatable bonds is 0. The largest absolute Gasteiger partial charge is 0.0878 e. The summed E-state index contributed by atoms with van der Waals surface area (Å²) in [4.78, 5) is 0. The molecule has 0 aromatic rings. The fourth-order valence-electron chi connectivity index (χ4n) is 1.99. The summed E-state index contributed by atoms with van der Waals surface area (Å²) in [6.07, 6.45) is 9.77. The zero-order chi connectivity index (χ0) is 6.27. The number of fused-ring (bicyclic) bond motifs is 2. The van der Waals surface area contributed by atoms with Crippen LogP contribution < -0.4 is 0 Å². The van der Waals surface area contributed by atoms with Gasteiger partial charge in [0.15, 0.2) is 0 Å². The van der Waals surface area contributed by atoms with Gasteiger partial charge in [-0.05, 0) is 31.6 Å². The van der Waals surface area contributed by atoms with Gasteiger partial charge >= 0.3 is 0 Å². The van der Waals surface area contributed by atoms with Gasteiger partial charge in [-0.3, -0.25) is 0 Å². The van der Waals surface area contributed by atoms with Gasteiger partial charge in [0.2, 0.25) is 0 Å².